The van der Waals surface area contributed by atoms with E-state index in [0.29, 0.717) is 19.3 Å². The fourth-order valence-corrected chi connectivity index (χ4v) is 7.37. The number of carboxylic acid groups (broad SMARTS) is 1. The van der Waals surface area contributed by atoms with E-state index >= 15 is 0 Å². The topological polar surface area (TPSA) is 175 Å². The number of carbonyl (C=O) groups excluding carboxylic acids is 3. The number of aliphatic hydroxyl groups is 2. The van der Waals surface area contributed by atoms with Gasteiger partial charge in [0, 0.05) is 12.8 Å². The number of carboxylic acids is 1. The normalized spacial score (nSPS) is 19.3. The van der Waals surface area contributed by atoms with Crippen molar-refractivity contribution in [2.24, 2.45) is 0 Å². The summed E-state index contributed by atoms with van der Waals surface area (Å²) in [6, 6.07) is 0. The molecule has 3 N–H and O–H groups in total. The minimum atomic E-state index is -1.95. The van der Waals surface area contributed by atoms with Crippen LogP contribution in [0.1, 0.15) is 188 Å². The number of ether oxygens (including phenoxy) is 5. The van der Waals surface area contributed by atoms with Gasteiger partial charge in [0.05, 0.1) is 13.0 Å². The van der Waals surface area contributed by atoms with Crippen LogP contribution in [0.5, 0.6) is 0 Å². The number of aliphatic hydroxyl groups excluding tert-OH is 2. The smallest absolute Gasteiger partial charge is 0.335 e. The van der Waals surface area contributed by atoms with Crippen molar-refractivity contribution in [2.75, 3.05) is 13.2 Å². The summed E-state index contributed by atoms with van der Waals surface area (Å²) in [4.78, 5) is 50.9. The minimum Gasteiger partial charge on any atom is -0.479 e. The lowest BCUT2D eigenvalue weighted by atomic mass is 9.98. The summed E-state index contributed by atoms with van der Waals surface area (Å²) in [6.07, 6.45) is 53.5. The maximum atomic E-state index is 13.1. The number of esters is 3. The van der Waals surface area contributed by atoms with Crippen molar-refractivity contribution in [1.29, 1.82) is 0 Å². The van der Waals surface area contributed by atoms with Crippen molar-refractivity contribution in [1.82, 2.24) is 0 Å². The fraction of sp³-hybridized carbons (Fsp3) is 0.607. The highest BCUT2D eigenvalue weighted by atomic mass is 16.7. The molecule has 0 aromatic heterocycles. The zero-order chi connectivity index (χ0) is 53.3. The van der Waals surface area contributed by atoms with Crippen LogP contribution < -0.4 is 0 Å². The van der Waals surface area contributed by atoms with Gasteiger partial charge in [-0.25, -0.2) is 4.79 Å². The molecule has 0 amide bonds. The Bertz CT molecular complexity index is 1730. The Morgan fingerprint density at radius 1 is 0.479 bits per heavy atom. The van der Waals surface area contributed by atoms with E-state index in [-0.39, 0.29) is 25.9 Å². The number of carbonyl (C=O) groups is 4. The lowest BCUT2D eigenvalue weighted by molar-refractivity contribution is -0.301. The van der Waals surface area contributed by atoms with Crippen molar-refractivity contribution < 1.29 is 58.2 Å². The molecule has 6 unspecified atom stereocenters. The van der Waals surface area contributed by atoms with E-state index < -0.39 is 67.3 Å². The van der Waals surface area contributed by atoms with Gasteiger partial charge in [0.1, 0.15) is 18.8 Å². The van der Waals surface area contributed by atoms with Crippen LogP contribution in [0.4, 0.5) is 0 Å². The molecule has 1 aliphatic heterocycles. The van der Waals surface area contributed by atoms with Crippen molar-refractivity contribution in [2.45, 2.75) is 225 Å². The highest BCUT2D eigenvalue weighted by Gasteiger charge is 2.50. The molecule has 410 valence electrons. The van der Waals surface area contributed by atoms with E-state index in [0.717, 1.165) is 109 Å². The summed E-state index contributed by atoms with van der Waals surface area (Å²) >= 11 is 0. The first-order valence-electron chi connectivity index (χ1n) is 27.5. The average Bonchev–Trinajstić information content (AvgIpc) is 3.37. The first kappa shape index (κ1) is 66.1. The molecule has 1 saturated heterocycles. The lowest BCUT2D eigenvalue weighted by Crippen LogP contribution is -2.61. The van der Waals surface area contributed by atoms with Gasteiger partial charge < -0.3 is 39.0 Å². The zero-order valence-electron chi connectivity index (χ0n) is 44.8. The first-order chi connectivity index (χ1) is 35.6. The predicted octanol–water partition coefficient (Wildman–Crippen LogP) is 13.7. The van der Waals surface area contributed by atoms with Crippen LogP contribution >= 0.6 is 0 Å². The standard InChI is InChI=1S/C61H94O12/c1-4-7-10-13-16-19-22-25-27-30-32-35-38-41-44-47-53(62)69-50-52(71-54(63)48-45-42-39-36-33-29-24-21-18-15-12-9-6-3)51-70-61-59(57(66)56(65)58(73-61)60(67)68)72-55(64)49-46-43-40-37-34-31-28-26-23-20-17-14-11-8-5-2/h8-9,11-12,16-21,25-29,33-34,37,43,46,52,56-59,61,65-66H,4-7,10,13-15,22-24,30-32,35-36,38-42,44-45,47-51H2,1-3H3,(H,67,68)/b11-8-,12-9-,19-16-,20-17-,21-18-,27-25-,28-26-,33-29-,37-34-,46-43-. The summed E-state index contributed by atoms with van der Waals surface area (Å²) in [5.74, 6) is -3.36. The molecule has 12 nitrogen and oxygen atoms in total. The van der Waals surface area contributed by atoms with Crippen molar-refractivity contribution in [3.05, 3.63) is 122 Å². The van der Waals surface area contributed by atoms with E-state index in [1.54, 1.807) is 12.2 Å². The number of allylic oxidation sites excluding steroid dienone is 19. The molecular formula is C61H94O12. The molecule has 1 rings (SSSR count). The lowest BCUT2D eigenvalue weighted by Gasteiger charge is -2.40. The maximum absolute atomic E-state index is 13.1. The number of unbranched alkanes of at least 4 members (excludes halogenated alkanes) is 11. The molecular weight excluding hydrogens is 925 g/mol. The predicted molar refractivity (Wildman–Crippen MR) is 293 cm³/mol. The largest absolute Gasteiger partial charge is 0.479 e. The van der Waals surface area contributed by atoms with Gasteiger partial charge in [0.15, 0.2) is 24.6 Å². The Kier molecular flexibility index (Phi) is 43.6. The van der Waals surface area contributed by atoms with Gasteiger partial charge in [-0.05, 0) is 109 Å². The average molecular weight is 1020 g/mol. The Hall–Kier alpha value is -4.88. The van der Waals surface area contributed by atoms with E-state index in [2.05, 4.69) is 118 Å². The number of hydrogen-bond acceptors (Lipinski definition) is 11. The second-order valence-electron chi connectivity index (χ2n) is 18.1. The van der Waals surface area contributed by atoms with Gasteiger partial charge in [0.25, 0.3) is 0 Å². The fourth-order valence-electron chi connectivity index (χ4n) is 7.37. The van der Waals surface area contributed by atoms with Crippen LogP contribution in [0.15, 0.2) is 122 Å². The van der Waals surface area contributed by atoms with Crippen molar-refractivity contribution >= 4 is 23.9 Å². The zero-order valence-corrected chi connectivity index (χ0v) is 44.8. The molecule has 0 aliphatic carbocycles. The summed E-state index contributed by atoms with van der Waals surface area (Å²) < 4.78 is 28.2. The molecule has 0 bridgehead atoms. The summed E-state index contributed by atoms with van der Waals surface area (Å²) in [5.41, 5.74) is 0. The van der Waals surface area contributed by atoms with E-state index in [9.17, 15) is 34.5 Å². The molecule has 1 aliphatic rings. The Labute approximate surface area is 439 Å². The molecule has 1 heterocycles. The molecule has 73 heavy (non-hydrogen) atoms. The summed E-state index contributed by atoms with van der Waals surface area (Å²) in [6.45, 7) is 5.62. The van der Waals surface area contributed by atoms with Gasteiger partial charge in [-0.15, -0.1) is 0 Å². The van der Waals surface area contributed by atoms with Gasteiger partial charge in [0.2, 0.25) is 0 Å². The quantitative estimate of drug-likeness (QED) is 0.0228. The third-order valence-electron chi connectivity index (χ3n) is 11.5. The van der Waals surface area contributed by atoms with Crippen molar-refractivity contribution in [3.8, 4) is 0 Å². The van der Waals surface area contributed by atoms with E-state index in [1.165, 1.54) is 19.3 Å². The molecule has 0 aromatic rings. The number of rotatable bonds is 44. The monoisotopic (exact) mass is 1020 g/mol. The van der Waals surface area contributed by atoms with Crippen LogP contribution in [0.2, 0.25) is 0 Å². The molecule has 0 radical (unpaired) electrons. The summed E-state index contributed by atoms with van der Waals surface area (Å²) in [7, 11) is 0. The number of aliphatic carboxylic acids is 1. The SMILES string of the molecule is CC/C=C\C/C=C\C/C=C\C/C=C\C/C=C\CC(=O)OC1C(OCC(COC(=O)CCCCCCC/C=C\C/C=C\CCCCC)OC(=O)CCCCC/C=C\C/C=C\C/C=C\CC)OC(C(=O)O)C(O)C1O. The molecule has 6 atom stereocenters. The summed E-state index contributed by atoms with van der Waals surface area (Å²) in [5, 5.41) is 31.4. The van der Waals surface area contributed by atoms with Crippen LogP contribution in [0, 0.1) is 0 Å². The molecule has 0 aromatic carbocycles. The second kappa shape index (κ2) is 48.1. The second-order valence-corrected chi connectivity index (χ2v) is 18.1. The minimum absolute atomic E-state index is 0.107. The third kappa shape index (κ3) is 38.4. The van der Waals surface area contributed by atoms with E-state index in [4.69, 9.17) is 23.7 Å². The highest BCUT2D eigenvalue weighted by Crippen LogP contribution is 2.26. The van der Waals surface area contributed by atoms with Crippen molar-refractivity contribution in [3.63, 3.8) is 0 Å². The molecule has 0 spiro atoms. The molecule has 1 fully saturated rings. The van der Waals surface area contributed by atoms with Crippen LogP contribution in [-0.4, -0.2) is 89.2 Å². The van der Waals surface area contributed by atoms with Gasteiger partial charge >= 0.3 is 23.9 Å². The molecule has 12 heteroatoms. The highest BCUT2D eigenvalue weighted by molar-refractivity contribution is 5.74. The molecule has 0 saturated carbocycles. The number of hydrogen-bond donors (Lipinski definition) is 3. The van der Waals surface area contributed by atoms with Crippen LogP contribution in [0.3, 0.4) is 0 Å². The Balaban J connectivity index is 2.80. The van der Waals surface area contributed by atoms with Gasteiger partial charge in [-0.1, -0.05) is 181 Å². The Morgan fingerprint density at radius 2 is 0.904 bits per heavy atom. The van der Waals surface area contributed by atoms with Crippen LogP contribution in [0.25, 0.3) is 0 Å². The third-order valence-corrected chi connectivity index (χ3v) is 11.5. The first-order valence-corrected chi connectivity index (χ1v) is 27.5. The van der Waals surface area contributed by atoms with Crippen LogP contribution in [-0.2, 0) is 42.9 Å². The Morgan fingerprint density at radius 3 is 1.40 bits per heavy atom. The van der Waals surface area contributed by atoms with Gasteiger partial charge in [-0.3, -0.25) is 14.4 Å². The van der Waals surface area contributed by atoms with Gasteiger partial charge in [-0.2, -0.15) is 0 Å². The van der Waals surface area contributed by atoms with E-state index in [1.807, 2.05) is 12.2 Å². The maximum Gasteiger partial charge on any atom is 0.335 e.